The molecule has 1 aromatic heterocycles. The molecule has 0 saturated heterocycles. The first-order valence-electron chi connectivity index (χ1n) is 7.37. The van der Waals surface area contributed by atoms with Crippen molar-refractivity contribution in [2.45, 2.75) is 25.9 Å². The van der Waals surface area contributed by atoms with E-state index in [0.29, 0.717) is 16.9 Å². The number of carboxylic acid groups (broad SMARTS) is 1. The predicted molar refractivity (Wildman–Crippen MR) is 88.7 cm³/mol. The summed E-state index contributed by atoms with van der Waals surface area (Å²) >= 11 is 0.404. The number of aromatic nitrogens is 1. The number of benzene rings is 1. The molecule has 0 bridgehead atoms. The van der Waals surface area contributed by atoms with Gasteiger partial charge in [-0.3, -0.25) is 0 Å². The molecule has 0 saturated carbocycles. The predicted octanol–water partition coefficient (Wildman–Crippen LogP) is 3.82. The molecule has 0 aliphatic heterocycles. The number of aryl methyl sites for hydroxylation is 1. The lowest BCUT2D eigenvalue weighted by atomic mass is 10.0. The van der Waals surface area contributed by atoms with Gasteiger partial charge in [0.2, 0.25) is 5.88 Å². The van der Waals surface area contributed by atoms with E-state index in [1.807, 2.05) is 0 Å². The van der Waals surface area contributed by atoms with Crippen molar-refractivity contribution in [1.82, 2.24) is 4.98 Å². The molecule has 2 rings (SSSR count). The number of alkyl halides is 4. The first-order valence-corrected chi connectivity index (χ1v) is 8.19. The Hall–Kier alpha value is -2.69. The minimum Gasteiger partial charge on any atom is -0.476 e. The Kier molecular flexibility index (Phi) is 6.37. The molecule has 0 spiro atoms. The fourth-order valence-electron chi connectivity index (χ4n) is 2.07. The van der Waals surface area contributed by atoms with E-state index in [-0.39, 0.29) is 28.6 Å². The van der Waals surface area contributed by atoms with E-state index in [1.165, 1.54) is 20.1 Å². The molecule has 1 N–H and O–H groups in total. The lowest BCUT2D eigenvalue weighted by Gasteiger charge is -2.11. The van der Waals surface area contributed by atoms with Crippen molar-refractivity contribution < 1.29 is 37.0 Å². The quantitative estimate of drug-likeness (QED) is 0.410. The van der Waals surface area contributed by atoms with Crippen LogP contribution < -0.4 is 4.74 Å². The fraction of sp³-hybridized carbons (Fsp3) is 0.312. The van der Waals surface area contributed by atoms with Gasteiger partial charge in [0.05, 0.1) is 4.88 Å². The van der Waals surface area contributed by atoms with Crippen molar-refractivity contribution in [1.29, 1.82) is 0 Å². The normalized spacial score (nSPS) is 12.3. The summed E-state index contributed by atoms with van der Waals surface area (Å²) in [4.78, 5) is 19.5. The number of oxime groups is 1. The Labute approximate surface area is 155 Å². The van der Waals surface area contributed by atoms with E-state index >= 15 is 0 Å². The Morgan fingerprint density at radius 2 is 2.04 bits per heavy atom. The summed E-state index contributed by atoms with van der Waals surface area (Å²) in [6.07, 6.45) is -3.89. The molecule has 0 fully saturated rings. The van der Waals surface area contributed by atoms with Crippen LogP contribution in [-0.4, -0.2) is 35.3 Å². The highest BCUT2D eigenvalue weighted by Gasteiger charge is 2.46. The Balaban J connectivity index is 2.27. The monoisotopic (exact) mass is 406 g/mol. The molecule has 0 aliphatic rings. The smallest absolute Gasteiger partial charge is 0.358 e. The van der Waals surface area contributed by atoms with E-state index in [9.17, 15) is 27.5 Å². The standard InChI is InChI=1S/C16H14F4N2O4S/c1-8-12(21-15(27-8)16(19,20)14(17)18)26-7-9-5-3-4-6-10(9)11(13(23)24)22-25-2/h3-6,14H,7H2,1-2H3,(H,23,24). The molecular formula is C16H14F4N2O4S. The van der Waals surface area contributed by atoms with Crippen LogP contribution >= 0.6 is 11.3 Å². The molecule has 2 aromatic rings. The van der Waals surface area contributed by atoms with Gasteiger partial charge in [0.25, 0.3) is 0 Å². The fourth-order valence-corrected chi connectivity index (χ4v) is 2.91. The summed E-state index contributed by atoms with van der Waals surface area (Å²) in [5.74, 6) is -5.95. The largest absolute Gasteiger partial charge is 0.476 e. The maximum Gasteiger partial charge on any atom is 0.358 e. The SMILES string of the molecule is CON=C(C(=O)O)c1ccccc1COc1nc(C(F)(F)C(F)F)sc1C. The molecule has 0 aliphatic carbocycles. The second-order valence-corrected chi connectivity index (χ2v) is 6.38. The van der Waals surface area contributed by atoms with Gasteiger partial charge in [0.15, 0.2) is 10.7 Å². The minimum atomic E-state index is -4.38. The van der Waals surface area contributed by atoms with Gasteiger partial charge in [-0.1, -0.05) is 29.4 Å². The molecule has 0 atom stereocenters. The molecule has 1 aromatic carbocycles. The molecule has 0 unspecified atom stereocenters. The number of carboxylic acids is 1. The molecule has 11 heteroatoms. The van der Waals surface area contributed by atoms with Crippen LogP contribution in [0.3, 0.4) is 0 Å². The minimum absolute atomic E-state index is 0.187. The molecule has 1 heterocycles. The van der Waals surface area contributed by atoms with Crippen LogP contribution in [0.15, 0.2) is 29.4 Å². The van der Waals surface area contributed by atoms with Crippen molar-refractivity contribution in [3.8, 4) is 5.88 Å². The van der Waals surface area contributed by atoms with Gasteiger partial charge in [-0.15, -0.1) is 11.3 Å². The van der Waals surface area contributed by atoms with Crippen LogP contribution in [0.4, 0.5) is 17.6 Å². The Morgan fingerprint density at radius 3 is 2.63 bits per heavy atom. The van der Waals surface area contributed by atoms with Crippen molar-refractivity contribution in [3.05, 3.63) is 45.3 Å². The number of hydrogen-bond acceptors (Lipinski definition) is 6. The summed E-state index contributed by atoms with van der Waals surface area (Å²) in [5.41, 5.74) is 0.180. The number of halogens is 4. The third kappa shape index (κ3) is 4.54. The van der Waals surface area contributed by atoms with Crippen molar-refractivity contribution in [2.24, 2.45) is 5.16 Å². The number of nitrogens with zero attached hydrogens (tertiary/aromatic N) is 2. The number of hydrogen-bond donors (Lipinski definition) is 1. The first-order chi connectivity index (χ1) is 12.7. The average Bonchev–Trinajstić information content (AvgIpc) is 2.99. The second-order valence-electron chi connectivity index (χ2n) is 5.18. The lowest BCUT2D eigenvalue weighted by molar-refractivity contribution is -0.135. The number of thiazole rings is 1. The highest BCUT2D eigenvalue weighted by atomic mass is 32.1. The van der Waals surface area contributed by atoms with Gasteiger partial charge in [0, 0.05) is 5.56 Å². The summed E-state index contributed by atoms with van der Waals surface area (Å²) in [6.45, 7) is 1.16. The number of aliphatic carboxylic acids is 1. The summed E-state index contributed by atoms with van der Waals surface area (Å²) in [7, 11) is 1.19. The number of carbonyl (C=O) groups is 1. The van der Waals surface area contributed by atoms with E-state index in [4.69, 9.17) is 4.74 Å². The van der Waals surface area contributed by atoms with Crippen LogP contribution in [-0.2, 0) is 22.2 Å². The summed E-state index contributed by atoms with van der Waals surface area (Å²) < 4.78 is 57.2. The van der Waals surface area contributed by atoms with E-state index < -0.39 is 23.3 Å². The summed E-state index contributed by atoms with van der Waals surface area (Å²) in [5, 5.41) is 11.6. The maximum absolute atomic E-state index is 13.4. The van der Waals surface area contributed by atoms with E-state index in [0.717, 1.165) is 0 Å². The van der Waals surface area contributed by atoms with Crippen LogP contribution in [0.1, 0.15) is 21.0 Å². The van der Waals surface area contributed by atoms with E-state index in [1.54, 1.807) is 18.2 Å². The zero-order valence-electron chi connectivity index (χ0n) is 14.1. The number of rotatable bonds is 8. The van der Waals surface area contributed by atoms with Gasteiger partial charge in [0.1, 0.15) is 13.7 Å². The zero-order valence-corrected chi connectivity index (χ0v) is 14.9. The molecule has 146 valence electrons. The second kappa shape index (κ2) is 8.33. The average molecular weight is 406 g/mol. The van der Waals surface area contributed by atoms with Gasteiger partial charge in [-0.25, -0.2) is 13.6 Å². The molecule has 27 heavy (non-hydrogen) atoms. The highest BCUT2D eigenvalue weighted by Crippen LogP contribution is 2.39. The number of ether oxygens (including phenoxy) is 1. The highest BCUT2D eigenvalue weighted by molar-refractivity contribution is 7.12. The van der Waals surface area contributed by atoms with Crippen LogP contribution in [0.2, 0.25) is 0 Å². The Morgan fingerprint density at radius 1 is 1.37 bits per heavy atom. The first kappa shape index (κ1) is 20.6. The van der Waals surface area contributed by atoms with Crippen molar-refractivity contribution >= 4 is 23.0 Å². The molecular weight excluding hydrogens is 392 g/mol. The third-order valence-corrected chi connectivity index (χ3v) is 4.37. The Bertz CT molecular complexity index is 855. The van der Waals surface area contributed by atoms with Gasteiger partial charge in [-0.2, -0.15) is 13.8 Å². The van der Waals surface area contributed by atoms with Crippen LogP contribution in [0, 0.1) is 6.92 Å². The lowest BCUT2D eigenvalue weighted by Crippen LogP contribution is -2.23. The summed E-state index contributed by atoms with van der Waals surface area (Å²) in [6, 6.07) is 6.19. The van der Waals surface area contributed by atoms with Gasteiger partial charge >= 0.3 is 18.3 Å². The van der Waals surface area contributed by atoms with E-state index in [2.05, 4.69) is 15.0 Å². The van der Waals surface area contributed by atoms with Crippen LogP contribution in [0.5, 0.6) is 5.88 Å². The maximum atomic E-state index is 13.4. The van der Waals surface area contributed by atoms with Crippen molar-refractivity contribution in [2.75, 3.05) is 7.11 Å². The molecule has 6 nitrogen and oxygen atoms in total. The van der Waals surface area contributed by atoms with Crippen molar-refractivity contribution in [3.63, 3.8) is 0 Å². The molecule has 0 radical (unpaired) electrons. The van der Waals surface area contributed by atoms with Gasteiger partial charge in [-0.05, 0) is 12.5 Å². The topological polar surface area (TPSA) is 81.0 Å². The van der Waals surface area contributed by atoms with Crippen LogP contribution in [0.25, 0.3) is 0 Å². The zero-order chi connectivity index (χ0) is 20.2. The van der Waals surface area contributed by atoms with Gasteiger partial charge < -0.3 is 14.7 Å². The molecule has 0 amide bonds. The third-order valence-electron chi connectivity index (χ3n) is 3.34.